The number of carbonyl (C=O) groups is 1. The summed E-state index contributed by atoms with van der Waals surface area (Å²) in [6, 6.07) is 10.9. The van der Waals surface area contributed by atoms with Crippen LogP contribution in [-0.2, 0) is 14.8 Å². The van der Waals surface area contributed by atoms with Crippen molar-refractivity contribution in [3.05, 3.63) is 47.5 Å². The number of primary amides is 1. The van der Waals surface area contributed by atoms with Crippen molar-refractivity contribution in [1.29, 1.82) is 0 Å². The molecule has 0 atom stereocenters. The van der Waals surface area contributed by atoms with E-state index in [2.05, 4.69) is 10.0 Å². The number of amides is 1. The van der Waals surface area contributed by atoms with Gasteiger partial charge in [-0.25, -0.2) is 8.42 Å². The Morgan fingerprint density at radius 1 is 1.20 bits per heavy atom. The normalized spacial score (nSPS) is 11.0. The highest BCUT2D eigenvalue weighted by molar-refractivity contribution is 7.92. The van der Waals surface area contributed by atoms with Gasteiger partial charge in [0, 0.05) is 13.0 Å². The van der Waals surface area contributed by atoms with Crippen LogP contribution >= 0.6 is 11.6 Å². The molecule has 0 saturated carbocycles. The molecule has 0 spiro atoms. The lowest BCUT2D eigenvalue weighted by molar-refractivity contribution is -0.117. The first kappa shape index (κ1) is 18.9. The zero-order chi connectivity index (χ0) is 18.4. The smallest absolute Gasteiger partial charge is 0.262 e. The lowest BCUT2D eigenvalue weighted by Gasteiger charge is -2.14. The lowest BCUT2D eigenvalue weighted by Crippen LogP contribution is -2.18. The second-order valence-electron chi connectivity index (χ2n) is 5.09. The summed E-state index contributed by atoms with van der Waals surface area (Å²) in [4.78, 5) is 10.8. The maximum Gasteiger partial charge on any atom is 0.262 e. The molecule has 2 aromatic carbocycles. The first-order valence-corrected chi connectivity index (χ1v) is 9.17. The van der Waals surface area contributed by atoms with Crippen molar-refractivity contribution in [2.24, 2.45) is 5.73 Å². The molecule has 0 heterocycles. The molecular weight excluding hydrogens is 366 g/mol. The van der Waals surface area contributed by atoms with Crippen LogP contribution in [0.2, 0.25) is 5.02 Å². The fraction of sp³-hybridized carbons (Fsp3) is 0.188. The first-order chi connectivity index (χ1) is 11.8. The van der Waals surface area contributed by atoms with Crippen LogP contribution in [0.1, 0.15) is 6.42 Å². The van der Waals surface area contributed by atoms with E-state index < -0.39 is 15.9 Å². The van der Waals surface area contributed by atoms with E-state index >= 15 is 0 Å². The van der Waals surface area contributed by atoms with E-state index in [1.807, 2.05) is 0 Å². The van der Waals surface area contributed by atoms with Crippen LogP contribution in [0.4, 0.5) is 11.4 Å². The molecule has 7 nitrogen and oxygen atoms in total. The highest BCUT2D eigenvalue weighted by Gasteiger charge is 2.17. The lowest BCUT2D eigenvalue weighted by atomic mass is 10.2. The molecule has 0 aliphatic heterocycles. The highest BCUT2D eigenvalue weighted by Crippen LogP contribution is 2.29. The van der Waals surface area contributed by atoms with E-state index in [4.69, 9.17) is 22.1 Å². The van der Waals surface area contributed by atoms with Gasteiger partial charge in [0.25, 0.3) is 10.0 Å². The molecule has 0 saturated heterocycles. The predicted molar refractivity (Wildman–Crippen MR) is 97.6 cm³/mol. The molecular formula is C16H18ClN3O4S. The fourth-order valence-corrected chi connectivity index (χ4v) is 3.49. The van der Waals surface area contributed by atoms with Gasteiger partial charge < -0.3 is 15.8 Å². The Morgan fingerprint density at radius 2 is 1.88 bits per heavy atom. The summed E-state index contributed by atoms with van der Waals surface area (Å²) < 4.78 is 32.7. The van der Waals surface area contributed by atoms with Crippen molar-refractivity contribution in [2.75, 3.05) is 23.7 Å². The zero-order valence-electron chi connectivity index (χ0n) is 13.5. The number of sulfonamides is 1. The van der Waals surface area contributed by atoms with E-state index in [0.717, 1.165) is 0 Å². The van der Waals surface area contributed by atoms with Crippen molar-refractivity contribution in [2.45, 2.75) is 11.3 Å². The van der Waals surface area contributed by atoms with Gasteiger partial charge in [0.2, 0.25) is 5.91 Å². The Hall–Kier alpha value is -2.45. The molecule has 25 heavy (non-hydrogen) atoms. The number of carbonyl (C=O) groups excluding carboxylic acids is 1. The third-order valence-corrected chi connectivity index (χ3v) is 4.95. The Bertz CT molecular complexity index is 871. The van der Waals surface area contributed by atoms with Crippen LogP contribution < -0.4 is 20.5 Å². The summed E-state index contributed by atoms with van der Waals surface area (Å²) in [5.41, 5.74) is 5.98. The molecule has 2 aromatic rings. The highest BCUT2D eigenvalue weighted by atomic mass is 35.5. The van der Waals surface area contributed by atoms with E-state index in [-0.39, 0.29) is 16.3 Å². The van der Waals surface area contributed by atoms with Crippen LogP contribution in [0.25, 0.3) is 0 Å². The molecule has 0 fully saturated rings. The van der Waals surface area contributed by atoms with Gasteiger partial charge in [-0.3, -0.25) is 9.52 Å². The van der Waals surface area contributed by atoms with Crippen LogP contribution in [-0.4, -0.2) is 28.0 Å². The second kappa shape index (κ2) is 8.09. The van der Waals surface area contributed by atoms with Gasteiger partial charge in [0.05, 0.1) is 28.4 Å². The second-order valence-corrected chi connectivity index (χ2v) is 7.18. The molecule has 0 aliphatic rings. The topological polar surface area (TPSA) is 111 Å². The van der Waals surface area contributed by atoms with Gasteiger partial charge in [-0.15, -0.1) is 0 Å². The zero-order valence-corrected chi connectivity index (χ0v) is 15.0. The summed E-state index contributed by atoms with van der Waals surface area (Å²) in [6.45, 7) is 0.294. The predicted octanol–water partition coefficient (Wildman–Crippen LogP) is 2.44. The van der Waals surface area contributed by atoms with Crippen molar-refractivity contribution in [3.63, 3.8) is 0 Å². The third kappa shape index (κ3) is 5.01. The minimum Gasteiger partial charge on any atom is -0.495 e. The standard InChI is InChI=1S/C16H18ClN3O4S/c1-24-15-7-6-11(10-12(15)17)25(22,23)20-14-5-3-2-4-13(14)19-9-8-16(18)21/h2-7,10,19-20H,8-9H2,1H3,(H2,18,21). The average Bonchev–Trinajstić information content (AvgIpc) is 2.55. The average molecular weight is 384 g/mol. The monoisotopic (exact) mass is 383 g/mol. The number of benzene rings is 2. The van der Waals surface area contributed by atoms with Crippen LogP contribution in [0.3, 0.4) is 0 Å². The van der Waals surface area contributed by atoms with Gasteiger partial charge >= 0.3 is 0 Å². The first-order valence-electron chi connectivity index (χ1n) is 7.31. The summed E-state index contributed by atoms with van der Waals surface area (Å²) in [5, 5.41) is 3.17. The summed E-state index contributed by atoms with van der Waals surface area (Å²) in [7, 11) is -2.40. The Balaban J connectivity index is 2.23. The van der Waals surface area contributed by atoms with Gasteiger partial charge in [0.15, 0.2) is 0 Å². The quantitative estimate of drug-likeness (QED) is 0.648. The number of nitrogens with two attached hydrogens (primary N) is 1. The number of halogens is 1. The van der Waals surface area contributed by atoms with Crippen molar-refractivity contribution >= 4 is 38.9 Å². The number of rotatable bonds is 8. The largest absolute Gasteiger partial charge is 0.495 e. The van der Waals surface area contributed by atoms with Crippen molar-refractivity contribution < 1.29 is 17.9 Å². The number of hydrogen-bond acceptors (Lipinski definition) is 5. The van der Waals surface area contributed by atoms with Gasteiger partial charge in [-0.05, 0) is 30.3 Å². The summed E-state index contributed by atoms with van der Waals surface area (Å²) in [6.07, 6.45) is 0.134. The number of ether oxygens (including phenoxy) is 1. The van der Waals surface area contributed by atoms with Gasteiger partial charge in [-0.2, -0.15) is 0 Å². The van der Waals surface area contributed by atoms with Gasteiger partial charge in [0.1, 0.15) is 5.75 Å². The minimum absolute atomic E-state index is 0.00485. The minimum atomic E-state index is -3.85. The van der Waals surface area contributed by atoms with E-state index in [1.165, 1.54) is 25.3 Å². The molecule has 9 heteroatoms. The van der Waals surface area contributed by atoms with E-state index in [0.29, 0.717) is 23.7 Å². The fourth-order valence-electron chi connectivity index (χ4n) is 2.06. The molecule has 134 valence electrons. The number of hydrogen-bond donors (Lipinski definition) is 3. The van der Waals surface area contributed by atoms with Crippen molar-refractivity contribution in [3.8, 4) is 5.75 Å². The summed E-state index contributed by atoms with van der Waals surface area (Å²) >= 11 is 5.99. The third-order valence-electron chi connectivity index (χ3n) is 3.29. The molecule has 0 aliphatic carbocycles. The maximum atomic E-state index is 12.6. The van der Waals surface area contributed by atoms with E-state index in [1.54, 1.807) is 24.3 Å². The molecule has 0 bridgehead atoms. The van der Waals surface area contributed by atoms with Crippen LogP contribution in [0.5, 0.6) is 5.75 Å². The Kier molecular flexibility index (Phi) is 6.11. The number of nitrogens with one attached hydrogen (secondary N) is 2. The maximum absolute atomic E-state index is 12.6. The molecule has 4 N–H and O–H groups in total. The number of methoxy groups -OCH3 is 1. The summed E-state index contributed by atoms with van der Waals surface area (Å²) in [5.74, 6) is -0.0624. The number of anilines is 2. The molecule has 0 radical (unpaired) electrons. The Labute approximate surface area is 151 Å². The number of para-hydroxylation sites is 2. The molecule has 0 unspecified atom stereocenters. The SMILES string of the molecule is COc1ccc(S(=O)(=O)Nc2ccccc2NCCC(N)=O)cc1Cl. The van der Waals surface area contributed by atoms with Crippen LogP contribution in [0.15, 0.2) is 47.4 Å². The van der Waals surface area contributed by atoms with Crippen LogP contribution in [0, 0.1) is 0 Å². The Morgan fingerprint density at radius 3 is 2.48 bits per heavy atom. The van der Waals surface area contributed by atoms with E-state index in [9.17, 15) is 13.2 Å². The molecule has 0 aromatic heterocycles. The molecule has 1 amide bonds. The van der Waals surface area contributed by atoms with Crippen molar-refractivity contribution in [1.82, 2.24) is 0 Å². The molecule has 2 rings (SSSR count). The van der Waals surface area contributed by atoms with Gasteiger partial charge in [-0.1, -0.05) is 23.7 Å².